The van der Waals surface area contributed by atoms with Gasteiger partial charge in [-0.25, -0.2) is 4.79 Å². The van der Waals surface area contributed by atoms with Crippen molar-refractivity contribution in [1.82, 2.24) is 0 Å². The summed E-state index contributed by atoms with van der Waals surface area (Å²) in [7, 11) is 0. The largest absolute Gasteiger partial charge is 0.462 e. The van der Waals surface area contributed by atoms with E-state index in [1.54, 1.807) is 13.0 Å². The summed E-state index contributed by atoms with van der Waals surface area (Å²) in [6, 6.07) is 0. The van der Waals surface area contributed by atoms with E-state index in [1.165, 1.54) is 6.92 Å². The molecule has 0 aliphatic heterocycles. The van der Waals surface area contributed by atoms with E-state index in [4.69, 9.17) is 4.74 Å². The fourth-order valence-electron chi connectivity index (χ4n) is 0.868. The molecule has 0 aliphatic carbocycles. The first-order valence-electron chi connectivity index (χ1n) is 4.51. The molecule has 13 heavy (non-hydrogen) atoms. The SMILES string of the molecule is CCCC=C(C(C)=O)C(=O)OCC. The Bertz CT molecular complexity index is 216. The van der Waals surface area contributed by atoms with Gasteiger partial charge >= 0.3 is 5.97 Å². The number of carbonyl (C=O) groups is 2. The van der Waals surface area contributed by atoms with Crippen molar-refractivity contribution in [2.24, 2.45) is 0 Å². The Labute approximate surface area is 78.8 Å². The number of allylic oxidation sites excluding steroid dienone is 1. The van der Waals surface area contributed by atoms with Crippen LogP contribution in [0.25, 0.3) is 0 Å². The van der Waals surface area contributed by atoms with Crippen LogP contribution in [0.4, 0.5) is 0 Å². The van der Waals surface area contributed by atoms with Crippen molar-refractivity contribution in [1.29, 1.82) is 0 Å². The molecule has 0 rings (SSSR count). The lowest BCUT2D eigenvalue weighted by Gasteiger charge is -2.02. The van der Waals surface area contributed by atoms with Crippen LogP contribution in [0.5, 0.6) is 0 Å². The summed E-state index contributed by atoms with van der Waals surface area (Å²) in [4.78, 5) is 22.2. The molecule has 0 saturated carbocycles. The van der Waals surface area contributed by atoms with Gasteiger partial charge in [0.05, 0.1) is 12.2 Å². The first-order chi connectivity index (χ1) is 6.13. The number of hydrogen-bond acceptors (Lipinski definition) is 3. The molecule has 0 N–H and O–H groups in total. The topological polar surface area (TPSA) is 43.4 Å². The number of ether oxygens (including phenoxy) is 1. The molecule has 3 heteroatoms. The third-order valence-electron chi connectivity index (χ3n) is 1.51. The lowest BCUT2D eigenvalue weighted by atomic mass is 10.1. The Kier molecular flexibility index (Phi) is 5.85. The highest BCUT2D eigenvalue weighted by atomic mass is 16.5. The smallest absolute Gasteiger partial charge is 0.341 e. The lowest BCUT2D eigenvalue weighted by molar-refractivity contribution is -0.139. The molecular formula is C10H16O3. The van der Waals surface area contributed by atoms with Crippen LogP contribution in [0.2, 0.25) is 0 Å². The molecule has 0 spiro atoms. The lowest BCUT2D eigenvalue weighted by Crippen LogP contribution is -2.13. The van der Waals surface area contributed by atoms with Crippen LogP contribution < -0.4 is 0 Å². The van der Waals surface area contributed by atoms with E-state index in [-0.39, 0.29) is 11.4 Å². The molecule has 0 fully saturated rings. The molecule has 0 bridgehead atoms. The van der Waals surface area contributed by atoms with Gasteiger partial charge in [-0.2, -0.15) is 0 Å². The second-order valence-electron chi connectivity index (χ2n) is 2.68. The highest BCUT2D eigenvalue weighted by molar-refractivity contribution is 6.16. The van der Waals surface area contributed by atoms with Gasteiger partial charge in [0, 0.05) is 0 Å². The van der Waals surface area contributed by atoms with E-state index in [2.05, 4.69) is 0 Å². The molecule has 0 atom stereocenters. The van der Waals surface area contributed by atoms with E-state index in [1.807, 2.05) is 6.92 Å². The summed E-state index contributed by atoms with van der Waals surface area (Å²) in [5.41, 5.74) is 0.170. The third kappa shape index (κ3) is 4.45. The maximum Gasteiger partial charge on any atom is 0.341 e. The molecule has 0 aromatic rings. The minimum Gasteiger partial charge on any atom is -0.462 e. The van der Waals surface area contributed by atoms with Crippen LogP contribution in [0.1, 0.15) is 33.6 Å². The summed E-state index contributed by atoms with van der Waals surface area (Å²) in [5.74, 6) is -0.740. The monoisotopic (exact) mass is 184 g/mol. The van der Waals surface area contributed by atoms with E-state index in [0.29, 0.717) is 6.61 Å². The Morgan fingerprint density at radius 3 is 2.31 bits per heavy atom. The number of esters is 1. The van der Waals surface area contributed by atoms with E-state index in [0.717, 1.165) is 12.8 Å². The van der Waals surface area contributed by atoms with Crippen molar-refractivity contribution in [2.75, 3.05) is 6.61 Å². The van der Waals surface area contributed by atoms with Crippen molar-refractivity contribution in [2.45, 2.75) is 33.6 Å². The van der Waals surface area contributed by atoms with Gasteiger partial charge in [-0.05, 0) is 20.3 Å². The van der Waals surface area contributed by atoms with Crippen LogP contribution >= 0.6 is 0 Å². The first kappa shape index (κ1) is 11.9. The number of ketones is 1. The summed E-state index contributed by atoms with van der Waals surface area (Å²) in [6.07, 6.45) is 3.28. The molecule has 74 valence electrons. The van der Waals surface area contributed by atoms with Gasteiger partial charge in [0.15, 0.2) is 5.78 Å². The van der Waals surface area contributed by atoms with Crippen molar-refractivity contribution in [3.8, 4) is 0 Å². The average molecular weight is 184 g/mol. The molecule has 3 nitrogen and oxygen atoms in total. The zero-order valence-electron chi connectivity index (χ0n) is 8.42. The number of carbonyl (C=O) groups excluding carboxylic acids is 2. The molecule has 0 heterocycles. The van der Waals surface area contributed by atoms with Crippen LogP contribution in [0, 0.1) is 0 Å². The second-order valence-corrected chi connectivity index (χ2v) is 2.68. The normalized spacial score (nSPS) is 11.2. The number of Topliss-reactive ketones (excluding diaryl/α,β-unsaturated/α-hetero) is 1. The van der Waals surface area contributed by atoms with Crippen LogP contribution in [0.15, 0.2) is 11.6 Å². The molecule has 0 radical (unpaired) electrons. The number of unbranched alkanes of at least 4 members (excludes halogenated alkanes) is 1. The van der Waals surface area contributed by atoms with Crippen molar-refractivity contribution >= 4 is 11.8 Å². The number of rotatable bonds is 5. The second kappa shape index (κ2) is 6.40. The molecule has 0 unspecified atom stereocenters. The predicted molar refractivity (Wildman–Crippen MR) is 50.3 cm³/mol. The molecule has 0 aromatic carbocycles. The molecule has 0 aliphatic rings. The fourth-order valence-corrected chi connectivity index (χ4v) is 0.868. The van der Waals surface area contributed by atoms with Crippen molar-refractivity contribution < 1.29 is 14.3 Å². The quantitative estimate of drug-likeness (QED) is 0.283. The van der Waals surface area contributed by atoms with E-state index >= 15 is 0 Å². The van der Waals surface area contributed by atoms with Gasteiger partial charge in [0.1, 0.15) is 0 Å². The molecule has 0 amide bonds. The Morgan fingerprint density at radius 1 is 1.31 bits per heavy atom. The summed E-state index contributed by atoms with van der Waals surface area (Å²) < 4.78 is 4.73. The third-order valence-corrected chi connectivity index (χ3v) is 1.51. The minimum atomic E-state index is -0.511. The highest BCUT2D eigenvalue weighted by Gasteiger charge is 2.14. The van der Waals surface area contributed by atoms with Gasteiger partial charge in [0.2, 0.25) is 0 Å². The zero-order chi connectivity index (χ0) is 10.3. The van der Waals surface area contributed by atoms with Gasteiger partial charge in [-0.15, -0.1) is 0 Å². The van der Waals surface area contributed by atoms with Crippen LogP contribution in [-0.4, -0.2) is 18.4 Å². The highest BCUT2D eigenvalue weighted by Crippen LogP contribution is 2.03. The summed E-state index contributed by atoms with van der Waals surface area (Å²) >= 11 is 0. The standard InChI is InChI=1S/C10H16O3/c1-4-6-7-9(8(3)11)10(12)13-5-2/h7H,4-6H2,1-3H3. The van der Waals surface area contributed by atoms with Gasteiger partial charge in [-0.1, -0.05) is 19.4 Å². The molecule has 0 saturated heterocycles. The van der Waals surface area contributed by atoms with Crippen molar-refractivity contribution in [3.63, 3.8) is 0 Å². The number of hydrogen-bond donors (Lipinski definition) is 0. The Hall–Kier alpha value is -1.12. The fraction of sp³-hybridized carbons (Fsp3) is 0.600. The Morgan fingerprint density at radius 2 is 1.92 bits per heavy atom. The first-order valence-corrected chi connectivity index (χ1v) is 4.51. The molecule has 0 aromatic heterocycles. The van der Waals surface area contributed by atoms with Gasteiger partial charge < -0.3 is 4.74 Å². The van der Waals surface area contributed by atoms with E-state index < -0.39 is 5.97 Å². The van der Waals surface area contributed by atoms with Crippen molar-refractivity contribution in [3.05, 3.63) is 11.6 Å². The zero-order valence-corrected chi connectivity index (χ0v) is 8.42. The van der Waals surface area contributed by atoms with Crippen LogP contribution in [-0.2, 0) is 14.3 Å². The maximum absolute atomic E-state index is 11.2. The summed E-state index contributed by atoms with van der Waals surface area (Å²) in [6.45, 7) is 5.38. The summed E-state index contributed by atoms with van der Waals surface area (Å²) in [5, 5.41) is 0. The minimum absolute atomic E-state index is 0.170. The van der Waals surface area contributed by atoms with Gasteiger partial charge in [0.25, 0.3) is 0 Å². The maximum atomic E-state index is 11.2. The predicted octanol–water partition coefficient (Wildman–Crippen LogP) is 1.86. The Balaban J connectivity index is 4.41. The molecular weight excluding hydrogens is 168 g/mol. The van der Waals surface area contributed by atoms with Crippen LogP contribution in [0.3, 0.4) is 0 Å². The van der Waals surface area contributed by atoms with E-state index in [9.17, 15) is 9.59 Å². The average Bonchev–Trinajstić information content (AvgIpc) is 2.05. The van der Waals surface area contributed by atoms with Gasteiger partial charge in [-0.3, -0.25) is 4.79 Å².